The first-order chi connectivity index (χ1) is 13.8. The first kappa shape index (κ1) is 19.2. The molecule has 2 aromatic heterocycles. The van der Waals surface area contributed by atoms with Crippen molar-refractivity contribution in [2.45, 2.75) is 0 Å². The number of nitrogens with zero attached hydrogens (tertiary/aromatic N) is 1. The van der Waals surface area contributed by atoms with Crippen molar-refractivity contribution in [3.05, 3.63) is 86.5 Å². The highest BCUT2D eigenvalue weighted by Gasteiger charge is 2.33. The lowest BCUT2D eigenvalue weighted by Gasteiger charge is -2.09. The number of carbonyl (C=O) groups excluding carboxylic acids is 1. The Morgan fingerprint density at radius 2 is 1.52 bits per heavy atom. The number of pyridine rings is 1. The Kier molecular flexibility index (Phi) is 4.64. The van der Waals surface area contributed by atoms with Crippen LogP contribution in [0, 0.1) is 0 Å². The lowest BCUT2D eigenvalue weighted by Crippen LogP contribution is -2.13. The van der Waals surface area contributed by atoms with Gasteiger partial charge in [-0.1, -0.05) is 29.8 Å². The van der Waals surface area contributed by atoms with Gasteiger partial charge < -0.3 is 14.6 Å². The van der Waals surface area contributed by atoms with Crippen molar-refractivity contribution in [1.82, 2.24) is 4.40 Å². The molecule has 4 rings (SSSR count). The minimum Gasteiger partial charge on any atom is -0.478 e. The summed E-state index contributed by atoms with van der Waals surface area (Å²) in [5.41, 5.74) is -0.437. The second-order valence-corrected chi connectivity index (χ2v) is 7.57. The van der Waals surface area contributed by atoms with E-state index in [1.54, 1.807) is 30.3 Å². The number of para-hydroxylation sites is 1. The highest BCUT2D eigenvalue weighted by Crippen LogP contribution is 2.35. The molecule has 0 unspecified atom stereocenters. The van der Waals surface area contributed by atoms with Crippen molar-refractivity contribution < 1.29 is 24.6 Å². The molecule has 0 aliphatic heterocycles. The van der Waals surface area contributed by atoms with Gasteiger partial charge in [0.2, 0.25) is 5.78 Å². The number of hydrogen-bond acceptors (Lipinski definition) is 3. The molecule has 0 aliphatic carbocycles. The quantitative estimate of drug-likeness (QED) is 0.401. The molecule has 144 valence electrons. The smallest absolute Gasteiger partial charge is 0.338 e. The van der Waals surface area contributed by atoms with Gasteiger partial charge in [0.05, 0.1) is 11.0 Å². The summed E-state index contributed by atoms with van der Waals surface area (Å²) in [6, 6.07) is 14.7. The maximum Gasteiger partial charge on any atom is 0.338 e. The Bertz CT molecular complexity index is 1340. The van der Waals surface area contributed by atoms with Gasteiger partial charge in [0.1, 0.15) is 16.8 Å². The molecule has 0 spiro atoms. The van der Waals surface area contributed by atoms with Crippen molar-refractivity contribution in [1.29, 1.82) is 0 Å². The molecule has 29 heavy (non-hydrogen) atoms. The van der Waals surface area contributed by atoms with Crippen LogP contribution in [-0.4, -0.2) is 32.3 Å². The van der Waals surface area contributed by atoms with Crippen LogP contribution in [0.5, 0.6) is 0 Å². The third kappa shape index (κ3) is 2.99. The number of hydrogen-bond donors (Lipinski definition) is 2. The molecule has 0 saturated carbocycles. The number of fused-ring (bicyclic) bond motifs is 3. The molecule has 0 radical (unpaired) electrons. The molecule has 0 fully saturated rings. The third-order valence-corrected chi connectivity index (χ3v) is 5.46. The molecule has 2 N–H and O–H groups in total. The number of aromatic nitrogens is 1. The Morgan fingerprint density at radius 3 is 2.14 bits per heavy atom. The van der Waals surface area contributed by atoms with E-state index >= 15 is 0 Å². The van der Waals surface area contributed by atoms with Crippen molar-refractivity contribution in [3.8, 4) is 0 Å². The number of carbonyl (C=O) groups is 3. The summed E-state index contributed by atoms with van der Waals surface area (Å²) in [6.45, 7) is 0. The molecule has 0 saturated heterocycles. The minimum atomic E-state index is -1.50. The summed E-state index contributed by atoms with van der Waals surface area (Å²) in [7, 11) is 0. The van der Waals surface area contributed by atoms with Crippen molar-refractivity contribution >= 4 is 61.7 Å². The second kappa shape index (κ2) is 7.02. The molecule has 0 bridgehead atoms. The average molecular weight is 473 g/mol. The summed E-state index contributed by atoms with van der Waals surface area (Å²) in [5.74, 6) is -3.56. The fourth-order valence-electron chi connectivity index (χ4n) is 3.43. The third-order valence-electron chi connectivity index (χ3n) is 4.61. The highest BCUT2D eigenvalue weighted by molar-refractivity contribution is 9.10. The Labute approximate surface area is 177 Å². The zero-order valence-corrected chi connectivity index (χ0v) is 16.9. The van der Waals surface area contributed by atoms with Crippen LogP contribution in [0.1, 0.15) is 36.8 Å². The van der Waals surface area contributed by atoms with Crippen LogP contribution in [0.25, 0.3) is 16.4 Å². The maximum atomic E-state index is 13.4. The van der Waals surface area contributed by atoms with Crippen LogP contribution in [0.2, 0.25) is 5.02 Å². The van der Waals surface area contributed by atoms with E-state index in [1.807, 2.05) is 0 Å². The largest absolute Gasteiger partial charge is 0.478 e. The summed E-state index contributed by atoms with van der Waals surface area (Å²) >= 11 is 9.23. The Hall–Kier alpha value is -3.16. The SMILES string of the molecule is O=C(O)c1c(C(=O)O)c2c(Br)cc3ccccc3n2c1C(=O)c1ccc(Cl)cc1. The van der Waals surface area contributed by atoms with Crippen LogP contribution >= 0.6 is 27.5 Å². The summed E-state index contributed by atoms with van der Waals surface area (Å²) in [5, 5.41) is 20.7. The monoisotopic (exact) mass is 471 g/mol. The highest BCUT2D eigenvalue weighted by atomic mass is 79.9. The molecular weight excluding hydrogens is 462 g/mol. The summed E-state index contributed by atoms with van der Waals surface area (Å²) in [6.07, 6.45) is 0. The predicted octanol–water partition coefficient (Wildman–Crippen LogP) is 5.14. The number of halogens is 2. The number of carboxylic acid groups (broad SMARTS) is 2. The summed E-state index contributed by atoms with van der Waals surface area (Å²) in [4.78, 5) is 37.5. The molecule has 4 aromatic rings. The van der Waals surface area contributed by atoms with Crippen LogP contribution in [0.3, 0.4) is 0 Å². The molecule has 6 nitrogen and oxygen atoms in total. The van der Waals surface area contributed by atoms with E-state index < -0.39 is 28.8 Å². The minimum absolute atomic E-state index is 0.103. The summed E-state index contributed by atoms with van der Waals surface area (Å²) < 4.78 is 1.76. The fraction of sp³-hybridized carbons (Fsp3) is 0. The molecule has 0 atom stereocenters. The van der Waals surface area contributed by atoms with E-state index in [-0.39, 0.29) is 16.8 Å². The maximum absolute atomic E-state index is 13.4. The fourth-order valence-corrected chi connectivity index (χ4v) is 4.18. The van der Waals surface area contributed by atoms with Crippen molar-refractivity contribution in [2.24, 2.45) is 0 Å². The zero-order chi connectivity index (χ0) is 20.9. The van der Waals surface area contributed by atoms with E-state index in [1.165, 1.54) is 28.7 Å². The lowest BCUT2D eigenvalue weighted by atomic mass is 10.0. The molecule has 0 aliphatic rings. The molecule has 2 aromatic carbocycles. The van der Waals surface area contributed by atoms with E-state index in [0.29, 0.717) is 20.4 Å². The first-order valence-electron chi connectivity index (χ1n) is 8.33. The van der Waals surface area contributed by atoms with Crippen LogP contribution in [0.4, 0.5) is 0 Å². The number of carboxylic acids is 2. The number of rotatable bonds is 4. The van der Waals surface area contributed by atoms with Gasteiger partial charge in [0.15, 0.2) is 0 Å². The lowest BCUT2D eigenvalue weighted by molar-refractivity contribution is 0.0652. The van der Waals surface area contributed by atoms with Gasteiger partial charge in [-0.15, -0.1) is 0 Å². The zero-order valence-electron chi connectivity index (χ0n) is 14.5. The van der Waals surface area contributed by atoms with E-state index in [2.05, 4.69) is 15.9 Å². The number of aromatic carboxylic acids is 2. The normalized spacial score (nSPS) is 11.1. The first-order valence-corrected chi connectivity index (χ1v) is 9.51. The topological polar surface area (TPSA) is 96.1 Å². The Balaban J connectivity index is 2.24. The van der Waals surface area contributed by atoms with E-state index in [4.69, 9.17) is 11.6 Å². The van der Waals surface area contributed by atoms with Gasteiger partial charge in [0, 0.05) is 15.1 Å². The van der Waals surface area contributed by atoms with Crippen molar-refractivity contribution in [3.63, 3.8) is 0 Å². The molecule has 0 amide bonds. The Morgan fingerprint density at radius 1 is 0.897 bits per heavy atom. The van der Waals surface area contributed by atoms with Gasteiger partial charge in [-0.2, -0.15) is 0 Å². The predicted molar refractivity (Wildman–Crippen MR) is 111 cm³/mol. The van der Waals surface area contributed by atoms with Gasteiger partial charge in [-0.3, -0.25) is 4.79 Å². The molecule has 8 heteroatoms. The van der Waals surface area contributed by atoms with Crippen LogP contribution < -0.4 is 0 Å². The van der Waals surface area contributed by atoms with E-state index in [9.17, 15) is 24.6 Å². The second-order valence-electron chi connectivity index (χ2n) is 6.28. The van der Waals surface area contributed by atoms with Gasteiger partial charge in [-0.25, -0.2) is 9.59 Å². The average Bonchev–Trinajstić information content (AvgIpc) is 3.06. The van der Waals surface area contributed by atoms with Gasteiger partial charge >= 0.3 is 11.9 Å². The standard InChI is InChI=1S/C21H11BrClNO5/c22-13-9-11-3-1-2-4-14(11)24-17(13)15(20(26)27)16(21(28)29)18(24)19(25)10-5-7-12(23)8-6-10/h1-9H,(H,26,27)(H,28,29). The number of ketones is 1. The van der Waals surface area contributed by atoms with E-state index in [0.717, 1.165) is 0 Å². The number of benzene rings is 2. The molecule has 2 heterocycles. The van der Waals surface area contributed by atoms with Crippen LogP contribution in [0.15, 0.2) is 59.1 Å². The molecular formula is C21H11BrClNO5. The van der Waals surface area contributed by atoms with Crippen LogP contribution in [-0.2, 0) is 0 Å². The van der Waals surface area contributed by atoms with Gasteiger partial charge in [0.25, 0.3) is 0 Å². The van der Waals surface area contributed by atoms with Gasteiger partial charge in [-0.05, 0) is 57.7 Å². The van der Waals surface area contributed by atoms with Crippen molar-refractivity contribution in [2.75, 3.05) is 0 Å².